The molecule has 2 N–H and O–H groups in total. The van der Waals surface area contributed by atoms with E-state index in [9.17, 15) is 19.8 Å². The number of carbonyl (C=O) groups excluding carboxylic acids is 1. The summed E-state index contributed by atoms with van der Waals surface area (Å²) in [4.78, 5) is 24.5. The first-order valence-electron chi connectivity index (χ1n) is 5.43. The Kier molecular flexibility index (Phi) is 3.50. The molecule has 102 valence electrons. The van der Waals surface area contributed by atoms with Crippen molar-refractivity contribution >= 4 is 29.4 Å². The Labute approximate surface area is 114 Å². The molecule has 1 saturated heterocycles. The Morgan fingerprint density at radius 2 is 2.11 bits per heavy atom. The van der Waals surface area contributed by atoms with Crippen LogP contribution >= 0.6 is 11.6 Å². The van der Waals surface area contributed by atoms with Crippen molar-refractivity contribution in [3.05, 3.63) is 29.3 Å². The summed E-state index contributed by atoms with van der Waals surface area (Å²) in [7, 11) is 1.47. The van der Waals surface area contributed by atoms with E-state index >= 15 is 0 Å². The Hall–Kier alpha value is -1.99. The zero-order valence-electron chi connectivity index (χ0n) is 10.0. The highest BCUT2D eigenvalue weighted by Crippen LogP contribution is 2.29. The summed E-state index contributed by atoms with van der Waals surface area (Å²) in [6.45, 7) is 0.0209. The lowest BCUT2D eigenvalue weighted by molar-refractivity contribution is 0.0546. The first-order valence-corrected chi connectivity index (χ1v) is 5.81. The minimum atomic E-state index is -1.41. The van der Waals surface area contributed by atoms with Gasteiger partial charge in [-0.1, -0.05) is 23.7 Å². The summed E-state index contributed by atoms with van der Waals surface area (Å²) < 4.78 is 0. The Balaban J connectivity index is 2.45. The number of aliphatic hydroxyl groups is 1. The Morgan fingerprint density at radius 1 is 1.47 bits per heavy atom. The third kappa shape index (κ3) is 2.29. The van der Waals surface area contributed by atoms with Crippen LogP contribution in [0.5, 0.6) is 0 Å². The van der Waals surface area contributed by atoms with Crippen LogP contribution in [-0.4, -0.2) is 52.1 Å². The van der Waals surface area contributed by atoms with Gasteiger partial charge in [0.15, 0.2) is 6.23 Å². The van der Waals surface area contributed by atoms with Gasteiger partial charge in [-0.2, -0.15) is 10.0 Å². The summed E-state index contributed by atoms with van der Waals surface area (Å²) in [6.07, 6.45) is -2.65. The molecule has 1 aliphatic heterocycles. The largest absolute Gasteiger partial charge is 0.463 e. The van der Waals surface area contributed by atoms with E-state index in [1.807, 2.05) is 0 Å². The fourth-order valence-corrected chi connectivity index (χ4v) is 2.07. The highest BCUT2D eigenvalue weighted by Gasteiger charge is 2.41. The van der Waals surface area contributed by atoms with Gasteiger partial charge in [-0.25, -0.2) is 9.59 Å². The minimum absolute atomic E-state index is 0.0209. The van der Waals surface area contributed by atoms with Gasteiger partial charge in [0, 0.05) is 7.05 Å². The molecule has 1 aliphatic rings. The van der Waals surface area contributed by atoms with E-state index in [4.69, 9.17) is 11.6 Å². The average Bonchev–Trinajstić information content (AvgIpc) is 2.58. The third-order valence-electron chi connectivity index (χ3n) is 2.72. The molecule has 0 aliphatic carbocycles. The molecular formula is C11H12ClN3O4. The molecule has 0 spiro atoms. The molecule has 3 amide bonds. The molecule has 2 rings (SSSR count). The number of β-amino-alcohol motifs (C(OH)–C–C–N with tert-alkyl or cyclic N) is 1. The predicted octanol–water partition coefficient (Wildman–Crippen LogP) is 1.43. The number of halogens is 1. The summed E-state index contributed by atoms with van der Waals surface area (Å²) in [5.74, 6) is 0. The number of anilines is 1. The molecule has 1 atom stereocenters. The van der Waals surface area contributed by atoms with E-state index in [2.05, 4.69) is 0 Å². The van der Waals surface area contributed by atoms with Crippen molar-refractivity contribution in [1.29, 1.82) is 0 Å². The minimum Gasteiger partial charge on any atom is -0.463 e. The van der Waals surface area contributed by atoms with Crippen molar-refractivity contribution in [3.8, 4) is 0 Å². The average molecular weight is 286 g/mol. The number of para-hydroxylation sites is 1. The molecule has 19 heavy (non-hydrogen) atoms. The van der Waals surface area contributed by atoms with E-state index in [1.165, 1.54) is 24.1 Å². The van der Waals surface area contributed by atoms with E-state index < -0.39 is 18.4 Å². The number of nitrogens with zero attached hydrogens (tertiary/aromatic N) is 3. The van der Waals surface area contributed by atoms with Crippen molar-refractivity contribution in [2.75, 3.05) is 18.6 Å². The lowest BCUT2D eigenvalue weighted by atomic mass is 10.3. The maximum absolute atomic E-state index is 11.9. The van der Waals surface area contributed by atoms with Crippen LogP contribution in [-0.2, 0) is 0 Å². The van der Waals surface area contributed by atoms with Gasteiger partial charge in [0.2, 0.25) is 0 Å². The van der Waals surface area contributed by atoms with E-state index in [-0.39, 0.29) is 17.3 Å². The molecule has 0 radical (unpaired) electrons. The second kappa shape index (κ2) is 4.94. The molecular weight excluding hydrogens is 274 g/mol. The van der Waals surface area contributed by atoms with Crippen LogP contribution in [0.1, 0.15) is 0 Å². The van der Waals surface area contributed by atoms with Gasteiger partial charge in [0.05, 0.1) is 17.3 Å². The highest BCUT2D eigenvalue weighted by molar-refractivity contribution is 6.33. The summed E-state index contributed by atoms with van der Waals surface area (Å²) in [5.41, 5.74) is 0.111. The van der Waals surface area contributed by atoms with Gasteiger partial charge in [-0.15, -0.1) is 0 Å². The van der Waals surface area contributed by atoms with Crippen molar-refractivity contribution in [2.45, 2.75) is 6.23 Å². The van der Waals surface area contributed by atoms with Gasteiger partial charge >= 0.3 is 12.1 Å². The molecule has 1 unspecified atom stereocenters. The molecule has 0 bridgehead atoms. The standard InChI is InChI=1S/C11H12ClN3O4/c1-13-6-9(16)15(10(13)17)14(11(18)19)8-5-3-2-4-7(8)12/h2-5,9,16H,6H2,1H3,(H,18,19). The molecule has 7 nitrogen and oxygen atoms in total. The first kappa shape index (κ1) is 13.4. The zero-order valence-corrected chi connectivity index (χ0v) is 10.8. The monoisotopic (exact) mass is 285 g/mol. The quantitative estimate of drug-likeness (QED) is 0.861. The fourth-order valence-electron chi connectivity index (χ4n) is 1.86. The number of urea groups is 1. The number of hydrogen-bond acceptors (Lipinski definition) is 3. The van der Waals surface area contributed by atoms with Gasteiger partial charge in [-0.05, 0) is 12.1 Å². The molecule has 8 heteroatoms. The highest BCUT2D eigenvalue weighted by atomic mass is 35.5. The third-order valence-corrected chi connectivity index (χ3v) is 3.04. The predicted molar refractivity (Wildman–Crippen MR) is 67.8 cm³/mol. The van der Waals surface area contributed by atoms with Crippen molar-refractivity contribution < 1.29 is 19.8 Å². The second-order valence-electron chi connectivity index (χ2n) is 4.03. The van der Waals surface area contributed by atoms with Crippen molar-refractivity contribution in [1.82, 2.24) is 9.91 Å². The maximum atomic E-state index is 11.9. The van der Waals surface area contributed by atoms with Crippen LogP contribution in [0.2, 0.25) is 5.02 Å². The molecule has 1 aromatic carbocycles. The van der Waals surface area contributed by atoms with Crippen LogP contribution in [0.25, 0.3) is 0 Å². The van der Waals surface area contributed by atoms with Crippen LogP contribution < -0.4 is 5.01 Å². The smallest absolute Gasteiger partial charge is 0.431 e. The summed E-state index contributed by atoms with van der Waals surface area (Å²) in [5, 5.41) is 20.7. The second-order valence-corrected chi connectivity index (χ2v) is 4.44. The van der Waals surface area contributed by atoms with Crippen LogP contribution in [0, 0.1) is 0 Å². The topological polar surface area (TPSA) is 84.3 Å². The number of carboxylic acid groups (broad SMARTS) is 1. The molecule has 1 aromatic rings. The SMILES string of the molecule is CN1CC(O)N(N(C(=O)O)c2ccccc2Cl)C1=O. The number of carbonyl (C=O) groups is 2. The van der Waals surface area contributed by atoms with Crippen molar-refractivity contribution in [3.63, 3.8) is 0 Å². The van der Waals surface area contributed by atoms with E-state index in [1.54, 1.807) is 12.1 Å². The Morgan fingerprint density at radius 3 is 2.58 bits per heavy atom. The van der Waals surface area contributed by atoms with E-state index in [0.717, 1.165) is 5.01 Å². The fraction of sp³-hybridized carbons (Fsp3) is 0.273. The number of hydrogen-bond donors (Lipinski definition) is 2. The molecule has 0 aromatic heterocycles. The molecule has 1 heterocycles. The summed E-state index contributed by atoms with van der Waals surface area (Å²) >= 11 is 5.94. The molecule has 1 fully saturated rings. The number of rotatable bonds is 2. The van der Waals surface area contributed by atoms with Crippen LogP contribution in [0.4, 0.5) is 15.3 Å². The number of likely N-dealkylation sites (N-methyl/N-ethyl adjacent to an activating group) is 1. The number of aliphatic hydroxyl groups excluding tert-OH is 1. The van der Waals surface area contributed by atoms with Gasteiger partial charge < -0.3 is 15.1 Å². The molecule has 0 saturated carbocycles. The number of benzene rings is 1. The van der Waals surface area contributed by atoms with Crippen LogP contribution in [0.3, 0.4) is 0 Å². The lowest BCUT2D eigenvalue weighted by Gasteiger charge is -2.30. The van der Waals surface area contributed by atoms with Gasteiger partial charge in [0.25, 0.3) is 0 Å². The van der Waals surface area contributed by atoms with Crippen LogP contribution in [0.15, 0.2) is 24.3 Å². The van der Waals surface area contributed by atoms with Gasteiger partial charge in [0.1, 0.15) is 0 Å². The van der Waals surface area contributed by atoms with Gasteiger partial charge in [-0.3, -0.25) is 0 Å². The number of amides is 3. The normalized spacial score (nSPS) is 18.9. The summed E-state index contributed by atoms with van der Waals surface area (Å²) in [6, 6.07) is 5.57. The lowest BCUT2D eigenvalue weighted by Crippen LogP contribution is -2.51. The Bertz CT molecular complexity index is 524. The van der Waals surface area contributed by atoms with E-state index in [0.29, 0.717) is 5.01 Å². The zero-order chi connectivity index (χ0) is 14.2. The first-order chi connectivity index (χ1) is 8.93. The van der Waals surface area contributed by atoms with Crippen molar-refractivity contribution in [2.24, 2.45) is 0 Å². The number of hydrazine groups is 1. The maximum Gasteiger partial charge on any atom is 0.431 e.